The van der Waals surface area contributed by atoms with Gasteiger partial charge in [-0.3, -0.25) is 9.69 Å². The van der Waals surface area contributed by atoms with Crippen molar-refractivity contribution < 1.29 is 24.2 Å². The van der Waals surface area contributed by atoms with Crippen molar-refractivity contribution in [3.63, 3.8) is 0 Å². The number of aromatic carboxylic acids is 1. The van der Waals surface area contributed by atoms with Crippen LogP contribution in [0.15, 0.2) is 64.5 Å². The predicted molar refractivity (Wildman–Crippen MR) is 160 cm³/mol. The van der Waals surface area contributed by atoms with Crippen molar-refractivity contribution in [2.24, 2.45) is 4.99 Å². The number of rotatable bonds is 8. The van der Waals surface area contributed by atoms with Crippen LogP contribution in [-0.2, 0) is 11.4 Å². The zero-order valence-corrected chi connectivity index (χ0v) is 24.7. The van der Waals surface area contributed by atoms with Crippen molar-refractivity contribution in [3.8, 4) is 11.5 Å². The number of aliphatic imine (C=N–C) groups is 1. The normalized spacial score (nSPS) is 15.4. The molecule has 1 amide bonds. The topological polar surface area (TPSA) is 88.4 Å². The van der Waals surface area contributed by atoms with Gasteiger partial charge in [0.15, 0.2) is 16.7 Å². The Hall–Kier alpha value is -2.73. The molecular weight excluding hydrogens is 662 g/mol. The first-order valence-corrected chi connectivity index (χ1v) is 13.9. The van der Waals surface area contributed by atoms with Crippen LogP contribution in [0.2, 0.25) is 10.0 Å². The van der Waals surface area contributed by atoms with Crippen molar-refractivity contribution in [2.45, 2.75) is 13.5 Å². The highest BCUT2D eigenvalue weighted by Crippen LogP contribution is 2.38. The summed E-state index contributed by atoms with van der Waals surface area (Å²) in [5.41, 5.74) is 2.36. The molecule has 0 atom stereocenters. The second-order valence-electron chi connectivity index (χ2n) is 8.02. The molecule has 1 aliphatic rings. The minimum absolute atomic E-state index is 0.169. The number of hydrogen-bond donors (Lipinski definition) is 1. The van der Waals surface area contributed by atoms with Gasteiger partial charge in [0.05, 0.1) is 36.4 Å². The molecule has 0 spiro atoms. The van der Waals surface area contributed by atoms with E-state index in [1.807, 2.05) is 25.1 Å². The lowest BCUT2D eigenvalue weighted by Gasteiger charge is -2.15. The Kier molecular flexibility index (Phi) is 9.24. The number of carbonyl (C=O) groups excluding carboxylic acids is 1. The van der Waals surface area contributed by atoms with Crippen LogP contribution in [0.5, 0.6) is 11.5 Å². The van der Waals surface area contributed by atoms with Gasteiger partial charge in [-0.2, -0.15) is 0 Å². The number of carboxylic acid groups (broad SMARTS) is 1. The average molecular weight is 683 g/mol. The average Bonchev–Trinajstić information content (AvgIpc) is 3.13. The van der Waals surface area contributed by atoms with Crippen LogP contribution < -0.4 is 9.47 Å². The molecule has 7 nitrogen and oxygen atoms in total. The monoisotopic (exact) mass is 682 g/mol. The lowest BCUT2D eigenvalue weighted by molar-refractivity contribution is -0.121. The summed E-state index contributed by atoms with van der Waals surface area (Å²) < 4.78 is 12.8. The molecule has 0 unspecified atom stereocenters. The summed E-state index contributed by atoms with van der Waals surface area (Å²) in [6.45, 7) is 2.60. The van der Waals surface area contributed by atoms with Gasteiger partial charge in [-0.15, -0.1) is 0 Å². The van der Waals surface area contributed by atoms with Crippen LogP contribution in [0.25, 0.3) is 6.08 Å². The number of amides is 1. The molecule has 11 heteroatoms. The van der Waals surface area contributed by atoms with Crippen LogP contribution in [0, 0.1) is 3.57 Å². The van der Waals surface area contributed by atoms with Gasteiger partial charge in [-0.25, -0.2) is 9.79 Å². The van der Waals surface area contributed by atoms with Gasteiger partial charge in [-0.05, 0) is 107 Å². The van der Waals surface area contributed by atoms with Crippen LogP contribution in [0.1, 0.15) is 28.4 Å². The molecule has 0 saturated carbocycles. The molecule has 0 bridgehead atoms. The molecule has 3 aromatic carbocycles. The minimum atomic E-state index is -1.01. The third-order valence-electron chi connectivity index (χ3n) is 5.34. The quantitative estimate of drug-likeness (QED) is 0.196. The number of ether oxygens (including phenoxy) is 2. The summed E-state index contributed by atoms with van der Waals surface area (Å²) in [5.74, 6) is -0.0506. The molecule has 3 aromatic rings. The SMILES string of the molecule is CCOc1cc(/C=C2/SC(=Nc3ccc(C(=O)O)cc3)N(C)C2=O)cc(I)c1OCc1ccc(Cl)c(Cl)c1. The smallest absolute Gasteiger partial charge is 0.335 e. The molecule has 4 rings (SSSR count). The molecule has 1 N–H and O–H groups in total. The Morgan fingerprint density at radius 1 is 1.11 bits per heavy atom. The third-order valence-corrected chi connectivity index (χ3v) is 7.94. The Labute approximate surface area is 247 Å². The Morgan fingerprint density at radius 2 is 1.84 bits per heavy atom. The highest BCUT2D eigenvalue weighted by Gasteiger charge is 2.30. The number of halogens is 3. The van der Waals surface area contributed by atoms with E-state index in [1.165, 1.54) is 28.8 Å². The summed E-state index contributed by atoms with van der Waals surface area (Å²) in [4.78, 5) is 30.5. The van der Waals surface area contributed by atoms with Crippen molar-refractivity contribution in [1.29, 1.82) is 0 Å². The molecule has 196 valence electrons. The van der Waals surface area contributed by atoms with Crippen molar-refractivity contribution >= 4 is 86.4 Å². The highest BCUT2D eigenvalue weighted by atomic mass is 127. The van der Waals surface area contributed by atoms with E-state index in [2.05, 4.69) is 27.6 Å². The van der Waals surface area contributed by atoms with E-state index >= 15 is 0 Å². The number of amidine groups is 1. The van der Waals surface area contributed by atoms with Crippen LogP contribution in [0.4, 0.5) is 5.69 Å². The van der Waals surface area contributed by atoms with Crippen molar-refractivity contribution in [2.75, 3.05) is 13.7 Å². The first-order valence-electron chi connectivity index (χ1n) is 11.3. The lowest BCUT2D eigenvalue weighted by Crippen LogP contribution is -2.23. The standard InChI is InChI=1S/C27H21Cl2IN2O5S/c1-3-36-22-12-16(11-21(30)24(22)37-14-15-4-9-19(28)20(29)10-15)13-23-25(33)32(2)27(38-23)31-18-7-5-17(6-8-18)26(34)35/h4-13H,3,14H2,1-2H3,(H,34,35)/b23-13+,31-27?. The fourth-order valence-electron chi connectivity index (χ4n) is 3.45. The van der Waals surface area contributed by atoms with Crippen molar-refractivity contribution in [3.05, 3.63) is 89.8 Å². The number of carboxylic acids is 1. The molecule has 0 aliphatic carbocycles. The highest BCUT2D eigenvalue weighted by molar-refractivity contribution is 14.1. The van der Waals surface area contributed by atoms with Gasteiger partial charge >= 0.3 is 5.97 Å². The molecule has 38 heavy (non-hydrogen) atoms. The van der Waals surface area contributed by atoms with E-state index in [1.54, 1.807) is 37.4 Å². The molecule has 0 radical (unpaired) electrons. The number of carbonyl (C=O) groups is 2. The van der Waals surface area contributed by atoms with Gasteiger partial charge in [0.1, 0.15) is 6.61 Å². The maximum Gasteiger partial charge on any atom is 0.335 e. The minimum Gasteiger partial charge on any atom is -0.490 e. The second kappa shape index (κ2) is 12.4. The Morgan fingerprint density at radius 3 is 2.50 bits per heavy atom. The van der Waals surface area contributed by atoms with Crippen LogP contribution >= 0.6 is 57.6 Å². The summed E-state index contributed by atoms with van der Waals surface area (Å²) in [6, 6.07) is 15.2. The predicted octanol–water partition coefficient (Wildman–Crippen LogP) is 7.51. The molecule has 1 heterocycles. The fourth-order valence-corrected chi connectivity index (χ4v) is 5.54. The maximum atomic E-state index is 12.9. The molecule has 1 fully saturated rings. The molecule has 1 saturated heterocycles. The van der Waals surface area contributed by atoms with E-state index in [-0.39, 0.29) is 18.1 Å². The van der Waals surface area contributed by atoms with Crippen molar-refractivity contribution in [1.82, 2.24) is 4.90 Å². The third kappa shape index (κ3) is 6.63. The van der Waals surface area contributed by atoms with E-state index in [4.69, 9.17) is 37.8 Å². The van der Waals surface area contributed by atoms with Gasteiger partial charge in [0.25, 0.3) is 5.91 Å². The number of benzene rings is 3. The van der Waals surface area contributed by atoms with Gasteiger partial charge in [0, 0.05) is 7.05 Å². The summed E-state index contributed by atoms with van der Waals surface area (Å²) in [7, 11) is 1.65. The van der Waals surface area contributed by atoms with Gasteiger partial charge in [0.2, 0.25) is 0 Å². The summed E-state index contributed by atoms with van der Waals surface area (Å²) in [5, 5.41) is 10.5. The number of hydrogen-bond acceptors (Lipinski definition) is 6. The molecule has 0 aromatic heterocycles. The first-order chi connectivity index (χ1) is 18.2. The zero-order valence-electron chi connectivity index (χ0n) is 20.2. The Balaban J connectivity index is 1.57. The van der Waals surface area contributed by atoms with E-state index in [0.29, 0.717) is 43.9 Å². The van der Waals surface area contributed by atoms with Gasteiger partial charge < -0.3 is 14.6 Å². The first kappa shape index (κ1) is 28.3. The zero-order chi connectivity index (χ0) is 27.4. The molecular formula is C27H21Cl2IN2O5S. The number of nitrogens with zero attached hydrogens (tertiary/aromatic N) is 2. The second-order valence-corrected chi connectivity index (χ2v) is 11.0. The lowest BCUT2D eigenvalue weighted by atomic mass is 10.1. The largest absolute Gasteiger partial charge is 0.490 e. The Bertz CT molecular complexity index is 1460. The summed E-state index contributed by atoms with van der Waals surface area (Å²) in [6.07, 6.45) is 1.78. The van der Waals surface area contributed by atoms with E-state index < -0.39 is 5.97 Å². The van der Waals surface area contributed by atoms with Crippen LogP contribution in [0.3, 0.4) is 0 Å². The van der Waals surface area contributed by atoms with E-state index in [9.17, 15) is 9.59 Å². The number of likely N-dealkylation sites (N-methyl/N-ethyl adjacent to an activating group) is 1. The van der Waals surface area contributed by atoms with Gasteiger partial charge in [-0.1, -0.05) is 29.3 Å². The number of thioether (sulfide) groups is 1. The summed E-state index contributed by atoms with van der Waals surface area (Å²) >= 11 is 15.5. The van der Waals surface area contributed by atoms with E-state index in [0.717, 1.165) is 14.7 Å². The molecule has 1 aliphatic heterocycles. The van der Waals surface area contributed by atoms with Crippen LogP contribution in [-0.4, -0.2) is 40.7 Å². The maximum absolute atomic E-state index is 12.9. The fraction of sp³-hybridized carbons (Fsp3) is 0.148.